The smallest absolute Gasteiger partial charge is 0.320 e. The molecule has 30 heavy (non-hydrogen) atoms. The van der Waals surface area contributed by atoms with Crippen LogP contribution in [0.4, 0.5) is 0 Å². The first-order chi connectivity index (χ1) is 14.6. The van der Waals surface area contributed by atoms with Crippen LogP contribution in [0.25, 0.3) is 11.3 Å². The molecule has 0 bridgehead atoms. The number of rotatable bonds is 8. The molecule has 7 nitrogen and oxygen atoms in total. The lowest BCUT2D eigenvalue weighted by Gasteiger charge is -2.15. The molecule has 0 N–H and O–H groups in total. The number of ether oxygens (including phenoxy) is 3. The van der Waals surface area contributed by atoms with E-state index in [4.69, 9.17) is 19.3 Å². The lowest BCUT2D eigenvalue weighted by Crippen LogP contribution is -2.27. The molecule has 7 heteroatoms. The molecule has 0 spiro atoms. The summed E-state index contributed by atoms with van der Waals surface area (Å²) in [5.41, 5.74) is 4.01. The highest BCUT2D eigenvalue weighted by Gasteiger charge is 2.19. The minimum atomic E-state index is -0.235. The van der Waals surface area contributed by atoms with E-state index in [0.29, 0.717) is 19.7 Å². The third-order valence-electron chi connectivity index (χ3n) is 4.82. The second-order valence-corrected chi connectivity index (χ2v) is 7.23. The summed E-state index contributed by atoms with van der Waals surface area (Å²) in [6.45, 7) is 3.87. The van der Waals surface area contributed by atoms with E-state index in [1.54, 1.807) is 0 Å². The summed E-state index contributed by atoms with van der Waals surface area (Å²) in [6.07, 6.45) is 2.04. The third-order valence-corrected chi connectivity index (χ3v) is 4.82. The van der Waals surface area contributed by atoms with Crippen LogP contribution in [0.5, 0.6) is 11.5 Å². The average Bonchev–Trinajstić information content (AvgIpc) is 3.35. The quantitative estimate of drug-likeness (QED) is 0.534. The lowest BCUT2D eigenvalue weighted by molar-refractivity contribution is -0.144. The summed E-state index contributed by atoms with van der Waals surface area (Å²) in [6, 6.07) is 16.0. The molecule has 2 aromatic carbocycles. The number of benzene rings is 2. The Balaban J connectivity index is 1.61. The van der Waals surface area contributed by atoms with Gasteiger partial charge in [0.2, 0.25) is 6.79 Å². The number of fused-ring (bicyclic) bond motifs is 1. The summed E-state index contributed by atoms with van der Waals surface area (Å²) in [5.74, 6) is 1.22. The molecule has 3 aromatic rings. The van der Waals surface area contributed by atoms with Crippen LogP contribution in [0.15, 0.2) is 54.7 Å². The molecule has 0 amide bonds. The van der Waals surface area contributed by atoms with Crippen LogP contribution in [0, 0.1) is 0 Å². The molecule has 0 radical (unpaired) electrons. The molecule has 0 aliphatic carbocycles. The van der Waals surface area contributed by atoms with Gasteiger partial charge in [-0.2, -0.15) is 5.10 Å². The van der Waals surface area contributed by atoms with Crippen LogP contribution >= 0.6 is 0 Å². The molecule has 4 rings (SSSR count). The Morgan fingerprint density at radius 1 is 1.17 bits per heavy atom. The maximum Gasteiger partial charge on any atom is 0.320 e. The Hall–Kier alpha value is -3.32. The van der Waals surface area contributed by atoms with Crippen molar-refractivity contribution in [3.05, 3.63) is 65.9 Å². The number of nitrogens with zero attached hydrogens (tertiary/aromatic N) is 3. The Kier molecular flexibility index (Phi) is 5.99. The summed E-state index contributed by atoms with van der Waals surface area (Å²) in [7, 11) is 1.90. The second kappa shape index (κ2) is 9.00. The maximum absolute atomic E-state index is 11.9. The fraction of sp³-hybridized carbons (Fsp3) is 0.304. The fourth-order valence-electron chi connectivity index (χ4n) is 3.49. The second-order valence-electron chi connectivity index (χ2n) is 7.23. The first-order valence-corrected chi connectivity index (χ1v) is 9.97. The van der Waals surface area contributed by atoms with Gasteiger partial charge in [-0.1, -0.05) is 30.3 Å². The van der Waals surface area contributed by atoms with Crippen molar-refractivity contribution in [3.63, 3.8) is 0 Å². The van der Waals surface area contributed by atoms with E-state index in [0.717, 1.165) is 28.3 Å². The maximum atomic E-state index is 11.9. The van der Waals surface area contributed by atoms with Crippen molar-refractivity contribution in [1.82, 2.24) is 14.7 Å². The SMILES string of the molecule is CCOC(=O)CN(C)Cc1cn(Cc2ccccc2)nc1-c1ccc2c(c1)OCO2. The van der Waals surface area contributed by atoms with E-state index in [2.05, 4.69) is 12.1 Å². The molecule has 1 aliphatic rings. The van der Waals surface area contributed by atoms with E-state index in [-0.39, 0.29) is 19.3 Å². The van der Waals surface area contributed by atoms with Gasteiger partial charge in [-0.05, 0) is 37.7 Å². The van der Waals surface area contributed by atoms with Crippen LogP contribution in [-0.2, 0) is 22.6 Å². The minimum absolute atomic E-state index is 0.221. The van der Waals surface area contributed by atoms with Crippen molar-refractivity contribution < 1.29 is 19.0 Å². The van der Waals surface area contributed by atoms with Crippen LogP contribution in [0.1, 0.15) is 18.1 Å². The van der Waals surface area contributed by atoms with E-state index >= 15 is 0 Å². The summed E-state index contributed by atoms with van der Waals surface area (Å²) < 4.78 is 18.0. The molecule has 0 unspecified atom stereocenters. The van der Waals surface area contributed by atoms with E-state index in [1.165, 1.54) is 5.56 Å². The molecule has 0 saturated carbocycles. The first-order valence-electron chi connectivity index (χ1n) is 9.97. The van der Waals surface area contributed by atoms with Crippen molar-refractivity contribution in [2.24, 2.45) is 0 Å². The standard InChI is InChI=1S/C23H25N3O4/c1-3-28-22(27)15-25(2)13-19-14-26(12-17-7-5-4-6-8-17)24-23(19)18-9-10-20-21(11-18)30-16-29-20/h4-11,14H,3,12-13,15-16H2,1-2H3. The van der Waals surface area contributed by atoms with E-state index in [1.807, 2.05) is 66.1 Å². The Labute approximate surface area is 175 Å². The molecule has 0 saturated heterocycles. The van der Waals surface area contributed by atoms with Crippen molar-refractivity contribution >= 4 is 5.97 Å². The van der Waals surface area contributed by atoms with Crippen LogP contribution in [-0.4, -0.2) is 47.6 Å². The van der Waals surface area contributed by atoms with Crippen LogP contribution in [0.3, 0.4) is 0 Å². The monoisotopic (exact) mass is 407 g/mol. The molecular formula is C23H25N3O4. The summed E-state index contributed by atoms with van der Waals surface area (Å²) in [5, 5.41) is 4.85. The number of aromatic nitrogens is 2. The van der Waals surface area contributed by atoms with Gasteiger partial charge < -0.3 is 14.2 Å². The van der Waals surface area contributed by atoms with Gasteiger partial charge in [0, 0.05) is 23.9 Å². The Bertz CT molecular complexity index is 1020. The number of carbonyl (C=O) groups excluding carboxylic acids is 1. The fourth-order valence-corrected chi connectivity index (χ4v) is 3.49. The van der Waals surface area contributed by atoms with E-state index in [9.17, 15) is 4.79 Å². The number of carbonyl (C=O) groups is 1. The molecule has 1 aromatic heterocycles. The van der Waals surface area contributed by atoms with Gasteiger partial charge >= 0.3 is 5.97 Å². The van der Waals surface area contributed by atoms with Gasteiger partial charge in [0.15, 0.2) is 11.5 Å². The highest BCUT2D eigenvalue weighted by Crippen LogP contribution is 2.36. The molecule has 156 valence electrons. The number of likely N-dealkylation sites (N-methyl/N-ethyl adjacent to an activating group) is 1. The molecule has 0 fully saturated rings. The summed E-state index contributed by atoms with van der Waals surface area (Å²) >= 11 is 0. The van der Waals surface area contributed by atoms with Crippen molar-refractivity contribution in [3.8, 4) is 22.8 Å². The number of hydrogen-bond acceptors (Lipinski definition) is 6. The van der Waals surface area contributed by atoms with Crippen LogP contribution in [0.2, 0.25) is 0 Å². The summed E-state index contributed by atoms with van der Waals surface area (Å²) in [4.78, 5) is 13.8. The zero-order valence-electron chi connectivity index (χ0n) is 17.2. The minimum Gasteiger partial charge on any atom is -0.465 e. The normalized spacial score (nSPS) is 12.4. The van der Waals surface area contributed by atoms with Gasteiger partial charge in [-0.25, -0.2) is 0 Å². The van der Waals surface area contributed by atoms with Gasteiger partial charge in [0.25, 0.3) is 0 Å². The lowest BCUT2D eigenvalue weighted by atomic mass is 10.1. The molecule has 0 atom stereocenters. The zero-order valence-corrected chi connectivity index (χ0v) is 17.2. The van der Waals surface area contributed by atoms with E-state index < -0.39 is 0 Å². The third kappa shape index (κ3) is 4.63. The van der Waals surface area contributed by atoms with Gasteiger partial charge in [-0.15, -0.1) is 0 Å². The topological polar surface area (TPSA) is 65.8 Å². The number of esters is 1. The average molecular weight is 407 g/mol. The largest absolute Gasteiger partial charge is 0.465 e. The Morgan fingerprint density at radius 2 is 1.97 bits per heavy atom. The highest BCUT2D eigenvalue weighted by molar-refractivity contribution is 5.72. The van der Waals surface area contributed by atoms with Crippen molar-refractivity contribution in [2.45, 2.75) is 20.0 Å². The van der Waals surface area contributed by atoms with Gasteiger partial charge in [-0.3, -0.25) is 14.4 Å². The molecule has 1 aliphatic heterocycles. The van der Waals surface area contributed by atoms with Crippen molar-refractivity contribution in [2.75, 3.05) is 27.0 Å². The highest BCUT2D eigenvalue weighted by atomic mass is 16.7. The first kappa shape index (κ1) is 20.0. The van der Waals surface area contributed by atoms with Crippen LogP contribution < -0.4 is 9.47 Å². The number of hydrogen-bond donors (Lipinski definition) is 0. The predicted octanol–water partition coefficient (Wildman–Crippen LogP) is 3.32. The molecule has 2 heterocycles. The zero-order chi connectivity index (χ0) is 20.9. The Morgan fingerprint density at radius 3 is 2.77 bits per heavy atom. The van der Waals surface area contributed by atoms with Crippen molar-refractivity contribution in [1.29, 1.82) is 0 Å². The predicted molar refractivity (Wildman–Crippen MR) is 112 cm³/mol. The van der Waals surface area contributed by atoms with Gasteiger partial charge in [0.1, 0.15) is 0 Å². The molecular weight excluding hydrogens is 382 g/mol. The van der Waals surface area contributed by atoms with Gasteiger partial charge in [0.05, 0.1) is 25.4 Å².